The van der Waals surface area contributed by atoms with Gasteiger partial charge in [0.1, 0.15) is 6.33 Å². The van der Waals surface area contributed by atoms with E-state index in [-0.39, 0.29) is 0 Å². The molecule has 0 aliphatic carbocycles. The molecule has 17 heavy (non-hydrogen) atoms. The van der Waals surface area contributed by atoms with E-state index in [1.165, 1.54) is 6.33 Å². The van der Waals surface area contributed by atoms with Gasteiger partial charge >= 0.3 is 0 Å². The maximum atomic E-state index is 5.12. The average Bonchev–Trinajstić information content (AvgIpc) is 2.90. The zero-order valence-corrected chi connectivity index (χ0v) is 8.56. The smallest absolute Gasteiger partial charge is 0.261 e. The maximum Gasteiger partial charge on any atom is 0.261 e. The molecule has 3 aromatic rings. The maximum absolute atomic E-state index is 5.12. The Kier molecular flexibility index (Phi) is 2.27. The van der Waals surface area contributed by atoms with Crippen LogP contribution in [0.15, 0.2) is 41.7 Å². The Morgan fingerprint density at radius 2 is 1.82 bits per heavy atom. The fraction of sp³-hybridized carbons (Fsp3) is 0. The summed E-state index contributed by atoms with van der Waals surface area (Å²) in [6.45, 7) is 0. The minimum absolute atomic E-state index is 0.373. The molecule has 3 aromatic heterocycles. The van der Waals surface area contributed by atoms with Crippen molar-refractivity contribution in [1.82, 2.24) is 30.3 Å². The first-order chi connectivity index (χ1) is 8.43. The first kappa shape index (κ1) is 9.52. The van der Waals surface area contributed by atoms with Gasteiger partial charge in [0.05, 0.1) is 18.0 Å². The molecule has 0 fully saturated rings. The van der Waals surface area contributed by atoms with Crippen molar-refractivity contribution in [3.05, 3.63) is 37.2 Å². The van der Waals surface area contributed by atoms with Gasteiger partial charge in [-0.15, -0.1) is 0 Å². The fourth-order valence-corrected chi connectivity index (χ4v) is 1.29. The molecule has 0 N–H and O–H groups in total. The normalized spacial score (nSPS) is 10.4. The standard InChI is InChI=1S/C10H6N6O/c1-2-13-14-5-7(1)9-15-10(17-16-9)8-3-11-6-12-4-8/h1-6H. The second kappa shape index (κ2) is 4.05. The lowest BCUT2D eigenvalue weighted by molar-refractivity contribution is 0.432. The molecular formula is C10H6N6O. The van der Waals surface area contributed by atoms with Gasteiger partial charge in [-0.1, -0.05) is 5.16 Å². The van der Waals surface area contributed by atoms with Crippen LogP contribution in [0.3, 0.4) is 0 Å². The third-order valence-electron chi connectivity index (χ3n) is 2.08. The highest BCUT2D eigenvalue weighted by Gasteiger charge is 2.10. The van der Waals surface area contributed by atoms with Crippen molar-refractivity contribution >= 4 is 0 Å². The van der Waals surface area contributed by atoms with E-state index in [2.05, 4.69) is 30.3 Å². The predicted molar refractivity (Wildman–Crippen MR) is 56.4 cm³/mol. The quantitative estimate of drug-likeness (QED) is 0.643. The van der Waals surface area contributed by atoms with Gasteiger partial charge in [-0.25, -0.2) is 9.97 Å². The largest absolute Gasteiger partial charge is 0.333 e. The second-order valence-corrected chi connectivity index (χ2v) is 3.18. The van der Waals surface area contributed by atoms with Gasteiger partial charge in [-0.2, -0.15) is 15.2 Å². The first-order valence-corrected chi connectivity index (χ1v) is 4.79. The molecular weight excluding hydrogens is 220 g/mol. The van der Waals surface area contributed by atoms with Gasteiger partial charge < -0.3 is 4.52 Å². The van der Waals surface area contributed by atoms with Crippen LogP contribution >= 0.6 is 0 Å². The molecule has 3 heterocycles. The van der Waals surface area contributed by atoms with Crippen molar-refractivity contribution in [1.29, 1.82) is 0 Å². The molecule has 0 radical (unpaired) electrons. The van der Waals surface area contributed by atoms with Gasteiger partial charge in [0.25, 0.3) is 5.89 Å². The van der Waals surface area contributed by atoms with Crippen molar-refractivity contribution in [2.24, 2.45) is 0 Å². The molecule has 0 saturated carbocycles. The lowest BCUT2D eigenvalue weighted by atomic mass is 10.3. The Labute approximate surface area is 95.6 Å². The number of hydrogen-bond donors (Lipinski definition) is 0. The monoisotopic (exact) mass is 226 g/mol. The highest BCUT2D eigenvalue weighted by Crippen LogP contribution is 2.19. The summed E-state index contributed by atoms with van der Waals surface area (Å²) in [5, 5.41) is 11.3. The van der Waals surface area contributed by atoms with Gasteiger partial charge in [0, 0.05) is 18.0 Å². The summed E-state index contributed by atoms with van der Waals surface area (Å²) in [6, 6.07) is 1.75. The van der Waals surface area contributed by atoms with Crippen LogP contribution < -0.4 is 0 Å². The first-order valence-electron chi connectivity index (χ1n) is 4.79. The fourth-order valence-electron chi connectivity index (χ4n) is 1.29. The molecule has 0 unspecified atom stereocenters. The van der Waals surface area contributed by atoms with Crippen LogP contribution in [0.1, 0.15) is 0 Å². The molecule has 0 saturated heterocycles. The summed E-state index contributed by atoms with van der Waals surface area (Å²) >= 11 is 0. The predicted octanol–water partition coefficient (Wildman–Crippen LogP) is 0.984. The molecule has 82 valence electrons. The average molecular weight is 226 g/mol. The highest BCUT2D eigenvalue weighted by atomic mass is 16.5. The van der Waals surface area contributed by atoms with Crippen LogP contribution in [0.2, 0.25) is 0 Å². The molecule has 0 atom stereocenters. The Balaban J connectivity index is 1.99. The molecule has 0 aliphatic heterocycles. The van der Waals surface area contributed by atoms with Crippen molar-refractivity contribution in [3.8, 4) is 22.8 Å². The summed E-state index contributed by atoms with van der Waals surface area (Å²) in [7, 11) is 0. The molecule has 0 aliphatic rings. The molecule has 7 heteroatoms. The summed E-state index contributed by atoms with van der Waals surface area (Å²) in [5.74, 6) is 0.830. The summed E-state index contributed by atoms with van der Waals surface area (Å²) in [5.41, 5.74) is 1.42. The van der Waals surface area contributed by atoms with Crippen LogP contribution in [0, 0.1) is 0 Å². The van der Waals surface area contributed by atoms with Crippen LogP contribution in [-0.4, -0.2) is 30.3 Å². The molecule has 0 aromatic carbocycles. The molecule has 0 amide bonds. The minimum atomic E-state index is 0.373. The van der Waals surface area contributed by atoms with Gasteiger partial charge in [-0.05, 0) is 6.07 Å². The zero-order chi connectivity index (χ0) is 11.5. The number of nitrogens with zero attached hydrogens (tertiary/aromatic N) is 6. The van der Waals surface area contributed by atoms with E-state index in [1.807, 2.05) is 0 Å². The number of aromatic nitrogens is 6. The van der Waals surface area contributed by atoms with Crippen LogP contribution in [0.4, 0.5) is 0 Å². The summed E-state index contributed by atoms with van der Waals surface area (Å²) < 4.78 is 5.12. The Morgan fingerprint density at radius 3 is 2.59 bits per heavy atom. The van der Waals surface area contributed by atoms with E-state index >= 15 is 0 Å². The van der Waals surface area contributed by atoms with Crippen LogP contribution in [0.5, 0.6) is 0 Å². The van der Waals surface area contributed by atoms with E-state index in [4.69, 9.17) is 4.52 Å². The van der Waals surface area contributed by atoms with E-state index in [0.29, 0.717) is 17.3 Å². The summed E-state index contributed by atoms with van der Waals surface area (Å²) in [6.07, 6.45) is 7.78. The zero-order valence-electron chi connectivity index (χ0n) is 8.56. The Bertz CT molecular complexity index is 555. The molecule has 0 spiro atoms. The van der Waals surface area contributed by atoms with Crippen LogP contribution in [-0.2, 0) is 0 Å². The van der Waals surface area contributed by atoms with E-state index < -0.39 is 0 Å². The Morgan fingerprint density at radius 1 is 0.941 bits per heavy atom. The summed E-state index contributed by atoms with van der Waals surface area (Å²) in [4.78, 5) is 12.0. The lowest BCUT2D eigenvalue weighted by Gasteiger charge is -1.90. The lowest BCUT2D eigenvalue weighted by Crippen LogP contribution is -1.85. The Hall–Kier alpha value is -2.70. The SMILES string of the molecule is c1ncc(-c2nc(-c3ccnnc3)no2)cn1. The topological polar surface area (TPSA) is 90.5 Å². The van der Waals surface area contributed by atoms with Crippen LogP contribution in [0.25, 0.3) is 22.8 Å². The minimum Gasteiger partial charge on any atom is -0.333 e. The van der Waals surface area contributed by atoms with Gasteiger partial charge in [-0.3, -0.25) is 0 Å². The molecule has 7 nitrogen and oxygen atoms in total. The molecule has 3 rings (SSSR count). The second-order valence-electron chi connectivity index (χ2n) is 3.18. The highest BCUT2D eigenvalue weighted by molar-refractivity contribution is 5.57. The van der Waals surface area contributed by atoms with Crippen molar-refractivity contribution in [3.63, 3.8) is 0 Å². The van der Waals surface area contributed by atoms with Crippen molar-refractivity contribution in [2.75, 3.05) is 0 Å². The molecule has 0 bridgehead atoms. The van der Waals surface area contributed by atoms with E-state index in [9.17, 15) is 0 Å². The number of hydrogen-bond acceptors (Lipinski definition) is 7. The number of rotatable bonds is 2. The van der Waals surface area contributed by atoms with E-state index in [1.54, 1.807) is 30.9 Å². The van der Waals surface area contributed by atoms with Gasteiger partial charge in [0.2, 0.25) is 5.82 Å². The third-order valence-corrected chi connectivity index (χ3v) is 2.08. The third kappa shape index (κ3) is 1.85. The van der Waals surface area contributed by atoms with Crippen molar-refractivity contribution in [2.45, 2.75) is 0 Å². The van der Waals surface area contributed by atoms with Gasteiger partial charge in [0.15, 0.2) is 0 Å². The van der Waals surface area contributed by atoms with Crippen molar-refractivity contribution < 1.29 is 4.52 Å². The van der Waals surface area contributed by atoms with E-state index in [0.717, 1.165) is 5.56 Å².